The maximum absolute atomic E-state index is 11.3. The van der Waals surface area contributed by atoms with Crippen LogP contribution in [0.3, 0.4) is 0 Å². The largest absolute Gasteiger partial charge is 0.497 e. The van der Waals surface area contributed by atoms with Gasteiger partial charge in [-0.25, -0.2) is 0 Å². The van der Waals surface area contributed by atoms with Crippen LogP contribution in [0.25, 0.3) is 0 Å². The first-order chi connectivity index (χ1) is 8.29. The number of hydrogen-bond donors (Lipinski definition) is 1. The number of hydrogen-bond acceptors (Lipinski definition) is 3. The summed E-state index contributed by atoms with van der Waals surface area (Å²) in [5.41, 5.74) is 0. The summed E-state index contributed by atoms with van der Waals surface area (Å²) in [6, 6.07) is 7.42. The minimum atomic E-state index is 0.152. The molecule has 0 spiro atoms. The SMILES string of the molecule is COc1cccc(OCCNC(=O)C2CC2)c1. The zero-order chi connectivity index (χ0) is 12.1. The van der Waals surface area contributed by atoms with E-state index < -0.39 is 0 Å². The molecule has 0 bridgehead atoms. The lowest BCUT2D eigenvalue weighted by molar-refractivity contribution is -0.122. The van der Waals surface area contributed by atoms with Gasteiger partial charge in [-0.3, -0.25) is 4.79 Å². The smallest absolute Gasteiger partial charge is 0.223 e. The fraction of sp³-hybridized carbons (Fsp3) is 0.462. The van der Waals surface area contributed by atoms with Crippen LogP contribution < -0.4 is 14.8 Å². The van der Waals surface area contributed by atoms with Gasteiger partial charge in [0.05, 0.1) is 13.7 Å². The van der Waals surface area contributed by atoms with E-state index in [9.17, 15) is 4.79 Å². The van der Waals surface area contributed by atoms with E-state index in [-0.39, 0.29) is 11.8 Å². The summed E-state index contributed by atoms with van der Waals surface area (Å²) in [6.07, 6.45) is 2.06. The number of methoxy groups -OCH3 is 1. The molecule has 1 fully saturated rings. The van der Waals surface area contributed by atoms with Crippen molar-refractivity contribution in [2.24, 2.45) is 5.92 Å². The molecule has 1 N–H and O–H groups in total. The van der Waals surface area contributed by atoms with Gasteiger partial charge in [-0.05, 0) is 25.0 Å². The Balaban J connectivity index is 1.68. The number of carbonyl (C=O) groups excluding carboxylic acids is 1. The normalized spacial score (nSPS) is 14.2. The van der Waals surface area contributed by atoms with Crippen molar-refractivity contribution in [3.05, 3.63) is 24.3 Å². The molecule has 1 saturated carbocycles. The first kappa shape index (κ1) is 11.8. The van der Waals surface area contributed by atoms with Crippen molar-refractivity contribution in [3.63, 3.8) is 0 Å². The fourth-order valence-corrected chi connectivity index (χ4v) is 1.52. The molecule has 1 aromatic rings. The number of ether oxygens (including phenoxy) is 2. The van der Waals surface area contributed by atoms with Gasteiger partial charge < -0.3 is 14.8 Å². The number of carbonyl (C=O) groups is 1. The highest BCUT2D eigenvalue weighted by atomic mass is 16.5. The minimum Gasteiger partial charge on any atom is -0.497 e. The van der Waals surface area contributed by atoms with Gasteiger partial charge in [-0.15, -0.1) is 0 Å². The summed E-state index contributed by atoms with van der Waals surface area (Å²) in [5, 5.41) is 2.85. The monoisotopic (exact) mass is 235 g/mol. The molecule has 0 saturated heterocycles. The Morgan fingerprint density at radius 1 is 1.41 bits per heavy atom. The average Bonchev–Trinajstić information content (AvgIpc) is 3.19. The van der Waals surface area contributed by atoms with Crippen LogP contribution in [0.2, 0.25) is 0 Å². The van der Waals surface area contributed by atoms with Crippen LogP contribution in [0.1, 0.15) is 12.8 Å². The molecule has 0 aromatic heterocycles. The molecule has 0 aliphatic heterocycles. The molecule has 1 aliphatic carbocycles. The summed E-state index contributed by atoms with van der Waals surface area (Å²) in [5.74, 6) is 1.93. The van der Waals surface area contributed by atoms with Crippen molar-refractivity contribution in [1.82, 2.24) is 5.32 Å². The Hall–Kier alpha value is -1.71. The Labute approximate surface area is 101 Å². The quantitative estimate of drug-likeness (QED) is 0.762. The molecule has 1 amide bonds. The lowest BCUT2D eigenvalue weighted by Gasteiger charge is -2.08. The number of nitrogens with one attached hydrogen (secondary N) is 1. The number of benzene rings is 1. The molecule has 92 valence electrons. The summed E-state index contributed by atoms with van der Waals surface area (Å²) in [7, 11) is 1.62. The maximum atomic E-state index is 11.3. The van der Waals surface area contributed by atoms with Crippen LogP contribution in [-0.2, 0) is 4.79 Å². The van der Waals surface area contributed by atoms with E-state index in [1.54, 1.807) is 7.11 Å². The summed E-state index contributed by atoms with van der Waals surface area (Å²) in [6.45, 7) is 1.03. The predicted molar refractivity (Wildman–Crippen MR) is 64.2 cm³/mol. The Morgan fingerprint density at radius 2 is 2.18 bits per heavy atom. The molecule has 4 nitrogen and oxygen atoms in total. The Kier molecular flexibility index (Phi) is 3.85. The molecular formula is C13H17NO3. The van der Waals surface area contributed by atoms with Crippen molar-refractivity contribution < 1.29 is 14.3 Å². The molecule has 0 unspecified atom stereocenters. The zero-order valence-electron chi connectivity index (χ0n) is 9.94. The van der Waals surface area contributed by atoms with Crippen LogP contribution in [0.4, 0.5) is 0 Å². The van der Waals surface area contributed by atoms with E-state index >= 15 is 0 Å². The first-order valence-electron chi connectivity index (χ1n) is 5.84. The second kappa shape index (κ2) is 5.57. The third-order valence-corrected chi connectivity index (χ3v) is 2.66. The molecule has 0 radical (unpaired) electrons. The van der Waals surface area contributed by atoms with Crippen molar-refractivity contribution >= 4 is 5.91 Å². The van der Waals surface area contributed by atoms with Crippen LogP contribution in [-0.4, -0.2) is 26.2 Å². The minimum absolute atomic E-state index is 0.152. The lowest BCUT2D eigenvalue weighted by Crippen LogP contribution is -2.29. The standard InChI is InChI=1S/C13H17NO3/c1-16-11-3-2-4-12(9-11)17-8-7-14-13(15)10-5-6-10/h2-4,9-10H,5-8H2,1H3,(H,14,15). The summed E-state index contributed by atoms with van der Waals surface area (Å²) < 4.78 is 10.6. The highest BCUT2D eigenvalue weighted by Crippen LogP contribution is 2.28. The molecule has 0 heterocycles. The van der Waals surface area contributed by atoms with Crippen LogP contribution >= 0.6 is 0 Å². The highest BCUT2D eigenvalue weighted by Gasteiger charge is 2.28. The molecule has 1 aromatic carbocycles. The van der Waals surface area contributed by atoms with Crippen molar-refractivity contribution in [2.75, 3.05) is 20.3 Å². The number of rotatable bonds is 6. The van der Waals surface area contributed by atoms with Gasteiger partial charge in [0, 0.05) is 12.0 Å². The Morgan fingerprint density at radius 3 is 2.88 bits per heavy atom. The van der Waals surface area contributed by atoms with Crippen molar-refractivity contribution in [1.29, 1.82) is 0 Å². The van der Waals surface area contributed by atoms with Crippen molar-refractivity contribution in [3.8, 4) is 11.5 Å². The van der Waals surface area contributed by atoms with Crippen molar-refractivity contribution in [2.45, 2.75) is 12.8 Å². The zero-order valence-corrected chi connectivity index (χ0v) is 9.94. The second-order valence-corrected chi connectivity index (χ2v) is 4.09. The summed E-state index contributed by atoms with van der Waals surface area (Å²) in [4.78, 5) is 11.3. The van der Waals surface area contributed by atoms with E-state index in [0.29, 0.717) is 13.2 Å². The van der Waals surface area contributed by atoms with E-state index in [4.69, 9.17) is 9.47 Å². The van der Waals surface area contributed by atoms with Gasteiger partial charge in [0.1, 0.15) is 18.1 Å². The van der Waals surface area contributed by atoms with E-state index in [2.05, 4.69) is 5.32 Å². The fourth-order valence-electron chi connectivity index (χ4n) is 1.52. The van der Waals surface area contributed by atoms with E-state index in [1.165, 1.54) is 0 Å². The highest BCUT2D eigenvalue weighted by molar-refractivity contribution is 5.80. The van der Waals surface area contributed by atoms with Gasteiger partial charge in [-0.1, -0.05) is 6.07 Å². The lowest BCUT2D eigenvalue weighted by atomic mass is 10.3. The average molecular weight is 235 g/mol. The second-order valence-electron chi connectivity index (χ2n) is 4.09. The molecular weight excluding hydrogens is 218 g/mol. The van der Waals surface area contributed by atoms with Gasteiger partial charge in [0.15, 0.2) is 0 Å². The molecule has 2 rings (SSSR count). The topological polar surface area (TPSA) is 47.6 Å². The van der Waals surface area contributed by atoms with Gasteiger partial charge in [-0.2, -0.15) is 0 Å². The number of amides is 1. The Bertz CT molecular complexity index is 388. The van der Waals surface area contributed by atoms with Gasteiger partial charge in [0.25, 0.3) is 0 Å². The first-order valence-corrected chi connectivity index (χ1v) is 5.84. The van der Waals surface area contributed by atoms with Gasteiger partial charge in [0.2, 0.25) is 5.91 Å². The van der Waals surface area contributed by atoms with E-state index in [1.807, 2.05) is 24.3 Å². The molecule has 1 aliphatic rings. The third-order valence-electron chi connectivity index (χ3n) is 2.66. The van der Waals surface area contributed by atoms with Crippen LogP contribution in [0.15, 0.2) is 24.3 Å². The predicted octanol–water partition coefficient (Wildman–Crippen LogP) is 1.60. The van der Waals surface area contributed by atoms with E-state index in [0.717, 1.165) is 24.3 Å². The molecule has 0 atom stereocenters. The van der Waals surface area contributed by atoms with Gasteiger partial charge >= 0.3 is 0 Å². The van der Waals surface area contributed by atoms with Crippen LogP contribution in [0, 0.1) is 5.92 Å². The van der Waals surface area contributed by atoms with Crippen LogP contribution in [0.5, 0.6) is 11.5 Å². The summed E-state index contributed by atoms with van der Waals surface area (Å²) >= 11 is 0. The maximum Gasteiger partial charge on any atom is 0.223 e. The molecule has 17 heavy (non-hydrogen) atoms. The molecule has 4 heteroatoms. The third kappa shape index (κ3) is 3.66.